The van der Waals surface area contributed by atoms with Crippen molar-refractivity contribution in [3.8, 4) is 0 Å². The summed E-state index contributed by atoms with van der Waals surface area (Å²) in [4.78, 5) is 11.7. The fraction of sp³-hybridized carbons (Fsp3) is 0.158. The number of carbonyl (C=O) groups excluding carboxylic acids is 1. The Kier molecular flexibility index (Phi) is 5.56. The predicted molar refractivity (Wildman–Crippen MR) is 101 cm³/mol. The Morgan fingerprint density at radius 2 is 1.93 bits per heavy atom. The van der Waals surface area contributed by atoms with Crippen LogP contribution < -0.4 is 4.72 Å². The van der Waals surface area contributed by atoms with E-state index in [1.807, 2.05) is 18.3 Å². The van der Waals surface area contributed by atoms with Crippen LogP contribution in [0.4, 0.5) is 5.69 Å². The normalized spacial score (nSPS) is 11.1. The molecule has 0 atom stereocenters. The molecule has 1 aromatic heterocycles. The lowest BCUT2D eigenvalue weighted by molar-refractivity contribution is 0.0526. The lowest BCUT2D eigenvalue weighted by Crippen LogP contribution is -2.14. The van der Waals surface area contributed by atoms with Crippen LogP contribution in [0.15, 0.2) is 71.9 Å². The number of nitrogens with zero attached hydrogens (tertiary/aromatic N) is 2. The number of rotatable bonds is 7. The van der Waals surface area contributed by atoms with Crippen LogP contribution >= 0.6 is 0 Å². The van der Waals surface area contributed by atoms with Gasteiger partial charge in [-0.15, -0.1) is 0 Å². The van der Waals surface area contributed by atoms with Gasteiger partial charge in [-0.3, -0.25) is 9.40 Å². The van der Waals surface area contributed by atoms with E-state index in [0.717, 1.165) is 5.56 Å². The second kappa shape index (κ2) is 8.05. The van der Waals surface area contributed by atoms with Crippen LogP contribution in [0.2, 0.25) is 0 Å². The molecule has 0 saturated carbocycles. The van der Waals surface area contributed by atoms with E-state index in [2.05, 4.69) is 9.82 Å². The van der Waals surface area contributed by atoms with Gasteiger partial charge in [0.05, 0.1) is 23.6 Å². The molecule has 0 spiro atoms. The fourth-order valence-electron chi connectivity index (χ4n) is 2.51. The van der Waals surface area contributed by atoms with Gasteiger partial charge in [-0.25, -0.2) is 13.2 Å². The number of sulfonamides is 1. The third kappa shape index (κ3) is 4.73. The summed E-state index contributed by atoms with van der Waals surface area (Å²) >= 11 is 0. The lowest BCUT2D eigenvalue weighted by Gasteiger charge is -2.10. The summed E-state index contributed by atoms with van der Waals surface area (Å²) in [5.41, 5.74) is 1.67. The van der Waals surface area contributed by atoms with Crippen molar-refractivity contribution in [1.82, 2.24) is 9.78 Å². The van der Waals surface area contributed by atoms with Crippen molar-refractivity contribution in [3.05, 3.63) is 78.1 Å². The molecule has 1 heterocycles. The van der Waals surface area contributed by atoms with Crippen LogP contribution in [0, 0.1) is 0 Å². The Morgan fingerprint density at radius 3 is 2.59 bits per heavy atom. The second-order valence-corrected chi connectivity index (χ2v) is 7.44. The maximum absolute atomic E-state index is 12.6. The Morgan fingerprint density at radius 1 is 1.15 bits per heavy atom. The first-order chi connectivity index (χ1) is 13.0. The van der Waals surface area contributed by atoms with E-state index < -0.39 is 16.0 Å². The Bertz CT molecular complexity index is 1010. The van der Waals surface area contributed by atoms with Gasteiger partial charge in [-0.2, -0.15) is 5.10 Å². The van der Waals surface area contributed by atoms with Crippen LogP contribution in [0.1, 0.15) is 22.8 Å². The van der Waals surface area contributed by atoms with E-state index in [1.165, 1.54) is 24.3 Å². The van der Waals surface area contributed by atoms with E-state index in [1.54, 1.807) is 36.0 Å². The average Bonchev–Trinajstić information content (AvgIpc) is 3.15. The number of esters is 1. The number of ether oxygens (including phenoxy) is 1. The first-order valence-electron chi connectivity index (χ1n) is 8.34. The van der Waals surface area contributed by atoms with Crippen molar-refractivity contribution >= 4 is 21.7 Å². The maximum Gasteiger partial charge on any atom is 0.338 e. The first-order valence-corrected chi connectivity index (χ1v) is 9.82. The van der Waals surface area contributed by atoms with Crippen LogP contribution in [-0.4, -0.2) is 30.8 Å². The number of benzene rings is 2. The largest absolute Gasteiger partial charge is 0.462 e. The highest BCUT2D eigenvalue weighted by atomic mass is 32.2. The average molecular weight is 385 g/mol. The molecular formula is C19H19N3O4S. The first kappa shape index (κ1) is 18.7. The third-order valence-corrected chi connectivity index (χ3v) is 5.16. The topological polar surface area (TPSA) is 90.3 Å². The van der Waals surface area contributed by atoms with E-state index in [4.69, 9.17) is 4.74 Å². The van der Waals surface area contributed by atoms with Crippen molar-refractivity contribution in [2.24, 2.45) is 0 Å². The van der Waals surface area contributed by atoms with Crippen molar-refractivity contribution in [2.75, 3.05) is 11.3 Å². The smallest absolute Gasteiger partial charge is 0.338 e. The summed E-state index contributed by atoms with van der Waals surface area (Å²) in [6.07, 6.45) is 3.52. The van der Waals surface area contributed by atoms with Gasteiger partial charge in [0.15, 0.2) is 0 Å². The summed E-state index contributed by atoms with van der Waals surface area (Å²) in [5, 5.41) is 4.14. The minimum Gasteiger partial charge on any atom is -0.462 e. The number of hydrogen-bond donors (Lipinski definition) is 1. The van der Waals surface area contributed by atoms with Gasteiger partial charge >= 0.3 is 5.97 Å². The van der Waals surface area contributed by atoms with Crippen LogP contribution in [0.5, 0.6) is 0 Å². The number of carbonyl (C=O) groups is 1. The molecule has 0 unspecified atom stereocenters. The molecule has 140 valence electrons. The van der Waals surface area contributed by atoms with Crippen molar-refractivity contribution in [1.29, 1.82) is 0 Å². The number of aromatic nitrogens is 2. The molecule has 3 rings (SSSR count). The molecule has 0 radical (unpaired) electrons. The molecule has 7 nitrogen and oxygen atoms in total. The molecule has 1 N–H and O–H groups in total. The van der Waals surface area contributed by atoms with E-state index in [0.29, 0.717) is 17.8 Å². The monoisotopic (exact) mass is 385 g/mol. The minimum absolute atomic E-state index is 0.0630. The van der Waals surface area contributed by atoms with Gasteiger partial charge in [0.25, 0.3) is 10.0 Å². The summed E-state index contributed by atoms with van der Waals surface area (Å²) < 4.78 is 34.4. The third-order valence-electron chi connectivity index (χ3n) is 3.76. The molecule has 3 aromatic rings. The Labute approximate surface area is 157 Å². The molecule has 0 aliphatic rings. The van der Waals surface area contributed by atoms with Gasteiger partial charge in [0, 0.05) is 18.1 Å². The molecule has 0 saturated heterocycles. The van der Waals surface area contributed by atoms with Crippen LogP contribution in [0.3, 0.4) is 0 Å². The van der Waals surface area contributed by atoms with Gasteiger partial charge in [0.1, 0.15) is 0 Å². The molecule has 0 aliphatic carbocycles. The summed E-state index contributed by atoms with van der Waals surface area (Å²) in [6, 6.07) is 14.6. The predicted octanol–water partition coefficient (Wildman–Crippen LogP) is 2.91. The zero-order valence-corrected chi connectivity index (χ0v) is 15.5. The zero-order valence-electron chi connectivity index (χ0n) is 14.7. The fourth-order valence-corrected chi connectivity index (χ4v) is 3.56. The van der Waals surface area contributed by atoms with E-state index in [9.17, 15) is 13.2 Å². The van der Waals surface area contributed by atoms with Crippen molar-refractivity contribution in [2.45, 2.75) is 18.4 Å². The van der Waals surface area contributed by atoms with Crippen molar-refractivity contribution in [3.63, 3.8) is 0 Å². The van der Waals surface area contributed by atoms with E-state index in [-0.39, 0.29) is 11.5 Å². The molecule has 0 fully saturated rings. The number of hydrogen-bond acceptors (Lipinski definition) is 5. The highest BCUT2D eigenvalue weighted by Gasteiger charge is 2.16. The summed E-state index contributed by atoms with van der Waals surface area (Å²) in [7, 11) is -3.77. The number of nitrogens with one attached hydrogen (secondary N) is 1. The Hall–Kier alpha value is -3.13. The SMILES string of the molecule is CCOC(=O)c1ccc(S(=O)(=O)Nc2cccc(Cn3cccn3)c2)cc1. The maximum atomic E-state index is 12.6. The van der Waals surface area contributed by atoms with Crippen molar-refractivity contribution < 1.29 is 17.9 Å². The molecule has 27 heavy (non-hydrogen) atoms. The lowest BCUT2D eigenvalue weighted by atomic mass is 10.2. The van der Waals surface area contributed by atoms with E-state index >= 15 is 0 Å². The summed E-state index contributed by atoms with van der Waals surface area (Å²) in [5.74, 6) is -0.485. The minimum atomic E-state index is -3.77. The second-order valence-electron chi connectivity index (χ2n) is 5.75. The molecular weight excluding hydrogens is 366 g/mol. The molecule has 2 aromatic carbocycles. The highest BCUT2D eigenvalue weighted by molar-refractivity contribution is 7.92. The summed E-state index contributed by atoms with van der Waals surface area (Å²) in [6.45, 7) is 2.51. The molecule has 0 amide bonds. The molecule has 8 heteroatoms. The Balaban J connectivity index is 1.75. The van der Waals surface area contributed by atoms with Gasteiger partial charge in [-0.05, 0) is 55.0 Å². The highest BCUT2D eigenvalue weighted by Crippen LogP contribution is 2.18. The number of anilines is 1. The molecule has 0 bridgehead atoms. The standard InChI is InChI=1S/C19H19N3O4S/c1-2-26-19(23)16-7-9-18(10-8-16)27(24,25)21-17-6-3-5-15(13-17)14-22-12-4-11-20-22/h3-13,21H,2,14H2,1H3. The quantitative estimate of drug-likeness (QED) is 0.632. The van der Waals surface area contributed by atoms with Gasteiger partial charge in [-0.1, -0.05) is 12.1 Å². The van der Waals surface area contributed by atoms with Gasteiger partial charge in [0.2, 0.25) is 0 Å². The zero-order chi connectivity index (χ0) is 19.3. The van der Waals surface area contributed by atoms with Crippen LogP contribution in [0.25, 0.3) is 0 Å². The van der Waals surface area contributed by atoms with Crippen LogP contribution in [-0.2, 0) is 21.3 Å². The molecule has 0 aliphatic heterocycles. The van der Waals surface area contributed by atoms with Gasteiger partial charge < -0.3 is 4.74 Å².